The van der Waals surface area contributed by atoms with Crippen LogP contribution in [0.2, 0.25) is 12.1 Å². The highest BCUT2D eigenvalue weighted by molar-refractivity contribution is 6.67. The maximum absolute atomic E-state index is 6.23. The van der Waals surface area contributed by atoms with E-state index in [0.717, 1.165) is 25.3 Å². The van der Waals surface area contributed by atoms with E-state index in [0.29, 0.717) is 0 Å². The van der Waals surface area contributed by atoms with E-state index in [2.05, 4.69) is 27.7 Å². The Bertz CT molecular complexity index is 193. The van der Waals surface area contributed by atoms with Crippen molar-refractivity contribution >= 4 is 8.56 Å². The van der Waals surface area contributed by atoms with Crippen LogP contribution in [0.5, 0.6) is 0 Å². The lowest BCUT2D eigenvalue weighted by molar-refractivity contribution is 0.163. The molecule has 0 N–H and O–H groups in total. The third kappa shape index (κ3) is 9.95. The highest BCUT2D eigenvalue weighted by atomic mass is 28.4. The normalized spacial score (nSPS) is 12.0. The molecule has 0 aliphatic heterocycles. The molecule has 0 amide bonds. The molecule has 3 heteroatoms. The van der Waals surface area contributed by atoms with Gasteiger partial charge >= 0.3 is 8.56 Å². The zero-order valence-electron chi connectivity index (χ0n) is 14.5. The van der Waals surface area contributed by atoms with E-state index in [1.165, 1.54) is 57.8 Å². The fourth-order valence-electron chi connectivity index (χ4n) is 2.45. The van der Waals surface area contributed by atoms with Crippen LogP contribution in [0.15, 0.2) is 0 Å². The molecular weight excluding hydrogens is 264 g/mol. The molecule has 0 radical (unpaired) electrons. The van der Waals surface area contributed by atoms with Gasteiger partial charge in [0.1, 0.15) is 0 Å². The Kier molecular flexibility index (Phi) is 14.2. The molecule has 122 valence electrons. The van der Waals surface area contributed by atoms with E-state index in [1.54, 1.807) is 0 Å². The average Bonchev–Trinajstić information content (AvgIpc) is 2.49. The topological polar surface area (TPSA) is 18.5 Å². The maximum atomic E-state index is 6.23. The number of rotatable bonds is 15. The number of hydrogen-bond acceptors (Lipinski definition) is 2. The summed E-state index contributed by atoms with van der Waals surface area (Å²) in [6.07, 6.45) is 11.7. The molecule has 0 unspecified atom stereocenters. The van der Waals surface area contributed by atoms with Crippen molar-refractivity contribution in [2.75, 3.05) is 13.2 Å². The largest absolute Gasteiger partial charge is 0.394 e. The van der Waals surface area contributed by atoms with Gasteiger partial charge in [0.15, 0.2) is 0 Å². The van der Waals surface area contributed by atoms with Crippen LogP contribution in [0.4, 0.5) is 0 Å². The summed E-state index contributed by atoms with van der Waals surface area (Å²) >= 11 is 0. The van der Waals surface area contributed by atoms with Gasteiger partial charge in [-0.05, 0) is 24.9 Å². The highest BCUT2D eigenvalue weighted by Gasteiger charge is 2.33. The minimum absolute atomic E-state index is 0.901. The zero-order chi connectivity index (χ0) is 15.1. The first kappa shape index (κ1) is 20.1. The summed E-state index contributed by atoms with van der Waals surface area (Å²) in [6, 6.07) is 2.18. The van der Waals surface area contributed by atoms with E-state index < -0.39 is 8.56 Å². The summed E-state index contributed by atoms with van der Waals surface area (Å²) in [7, 11) is -1.87. The summed E-state index contributed by atoms with van der Waals surface area (Å²) in [5.41, 5.74) is 0. The van der Waals surface area contributed by atoms with Crippen LogP contribution in [-0.2, 0) is 8.85 Å². The Morgan fingerprint density at radius 2 is 0.950 bits per heavy atom. The zero-order valence-corrected chi connectivity index (χ0v) is 15.5. The van der Waals surface area contributed by atoms with Crippen molar-refractivity contribution < 1.29 is 8.85 Å². The molecule has 0 aromatic rings. The Balaban J connectivity index is 3.76. The van der Waals surface area contributed by atoms with Gasteiger partial charge in [0, 0.05) is 13.2 Å². The second kappa shape index (κ2) is 14.1. The van der Waals surface area contributed by atoms with Gasteiger partial charge in [-0.15, -0.1) is 0 Å². The van der Waals surface area contributed by atoms with E-state index >= 15 is 0 Å². The third-order valence-corrected chi connectivity index (χ3v) is 7.67. The Morgan fingerprint density at radius 1 is 0.550 bits per heavy atom. The number of hydrogen-bond donors (Lipinski definition) is 0. The Morgan fingerprint density at radius 3 is 1.45 bits per heavy atom. The fraction of sp³-hybridized carbons (Fsp3) is 1.00. The lowest BCUT2D eigenvalue weighted by atomic mass is 10.1. The average molecular weight is 303 g/mol. The molecule has 20 heavy (non-hydrogen) atoms. The van der Waals surface area contributed by atoms with Gasteiger partial charge in [0.25, 0.3) is 0 Å². The molecule has 0 aliphatic carbocycles. The smallest absolute Gasteiger partial charge is 0.337 e. The van der Waals surface area contributed by atoms with Crippen molar-refractivity contribution in [3.05, 3.63) is 0 Å². The molecule has 0 heterocycles. The van der Waals surface area contributed by atoms with Gasteiger partial charge < -0.3 is 8.85 Å². The first-order valence-electron chi connectivity index (χ1n) is 9.02. The summed E-state index contributed by atoms with van der Waals surface area (Å²) in [6.45, 7) is 10.8. The summed E-state index contributed by atoms with van der Waals surface area (Å²) in [4.78, 5) is 0. The molecule has 0 saturated heterocycles. The van der Waals surface area contributed by atoms with E-state index in [1.807, 2.05) is 0 Å². The van der Waals surface area contributed by atoms with Crippen molar-refractivity contribution in [3.8, 4) is 0 Å². The molecule has 0 rings (SSSR count). The second-order valence-electron chi connectivity index (χ2n) is 5.79. The van der Waals surface area contributed by atoms with E-state index in [-0.39, 0.29) is 0 Å². The van der Waals surface area contributed by atoms with E-state index in [9.17, 15) is 0 Å². The third-order valence-electron chi connectivity index (χ3n) is 4.05. The van der Waals surface area contributed by atoms with Gasteiger partial charge in [-0.25, -0.2) is 0 Å². The molecule has 0 atom stereocenters. The minimum atomic E-state index is -1.87. The standard InChI is InChI=1S/C17H38O2Si/c1-5-9-11-12-13-15-17-19-20(7-3,8-4)18-16-14-10-6-2/h5-17H2,1-4H3. The number of unbranched alkanes of at least 4 members (excludes halogenated alkanes) is 7. The van der Waals surface area contributed by atoms with Crippen molar-refractivity contribution in [3.63, 3.8) is 0 Å². The lowest BCUT2D eigenvalue weighted by Crippen LogP contribution is -2.41. The molecule has 2 nitrogen and oxygen atoms in total. The molecule has 0 saturated carbocycles. The Labute approximate surface area is 128 Å². The van der Waals surface area contributed by atoms with Crippen LogP contribution in [0, 0.1) is 0 Å². The first-order chi connectivity index (χ1) is 9.74. The lowest BCUT2D eigenvalue weighted by Gasteiger charge is -2.29. The van der Waals surface area contributed by atoms with Gasteiger partial charge in [-0.1, -0.05) is 72.6 Å². The minimum Gasteiger partial charge on any atom is -0.394 e. The van der Waals surface area contributed by atoms with E-state index in [4.69, 9.17) is 8.85 Å². The molecule has 0 spiro atoms. The highest BCUT2D eigenvalue weighted by Crippen LogP contribution is 2.20. The SMILES string of the molecule is CCCCCCCCO[Si](CC)(CC)OCCCCC. The quantitative estimate of drug-likeness (QED) is 0.271. The summed E-state index contributed by atoms with van der Waals surface area (Å²) < 4.78 is 12.4. The van der Waals surface area contributed by atoms with Crippen LogP contribution in [0.3, 0.4) is 0 Å². The van der Waals surface area contributed by atoms with Crippen LogP contribution in [0.1, 0.15) is 85.5 Å². The monoisotopic (exact) mass is 302 g/mol. The second-order valence-corrected chi connectivity index (χ2v) is 9.60. The van der Waals surface area contributed by atoms with Gasteiger partial charge in [0.2, 0.25) is 0 Å². The van der Waals surface area contributed by atoms with Gasteiger partial charge in [-0.2, -0.15) is 0 Å². The van der Waals surface area contributed by atoms with Crippen LogP contribution >= 0.6 is 0 Å². The van der Waals surface area contributed by atoms with Crippen LogP contribution in [-0.4, -0.2) is 21.8 Å². The molecule has 0 aromatic carbocycles. The molecule has 0 aromatic heterocycles. The van der Waals surface area contributed by atoms with Crippen molar-refractivity contribution in [2.24, 2.45) is 0 Å². The first-order valence-corrected chi connectivity index (χ1v) is 11.3. The van der Waals surface area contributed by atoms with Crippen molar-refractivity contribution in [1.29, 1.82) is 0 Å². The Hall–Kier alpha value is 0.137. The van der Waals surface area contributed by atoms with Crippen LogP contribution in [0.25, 0.3) is 0 Å². The van der Waals surface area contributed by atoms with Gasteiger partial charge in [0.05, 0.1) is 0 Å². The predicted octanol–water partition coefficient (Wildman–Crippen LogP) is 6.05. The summed E-state index contributed by atoms with van der Waals surface area (Å²) in [5.74, 6) is 0. The molecule has 0 bridgehead atoms. The van der Waals surface area contributed by atoms with Crippen molar-refractivity contribution in [1.82, 2.24) is 0 Å². The summed E-state index contributed by atoms with van der Waals surface area (Å²) in [5, 5.41) is 0. The van der Waals surface area contributed by atoms with Crippen molar-refractivity contribution in [2.45, 2.75) is 97.6 Å². The fourth-order valence-corrected chi connectivity index (χ4v) is 4.88. The molecule has 0 aliphatic rings. The van der Waals surface area contributed by atoms with Crippen LogP contribution < -0.4 is 0 Å². The predicted molar refractivity (Wildman–Crippen MR) is 91.5 cm³/mol. The maximum Gasteiger partial charge on any atom is 0.337 e. The molecule has 0 fully saturated rings. The van der Waals surface area contributed by atoms with Gasteiger partial charge in [-0.3, -0.25) is 0 Å². The molecular formula is C17H38O2Si.